The summed E-state index contributed by atoms with van der Waals surface area (Å²) in [5.74, 6) is 1.15. The van der Waals surface area contributed by atoms with Gasteiger partial charge in [0.1, 0.15) is 5.82 Å². The Bertz CT molecular complexity index is 619. The molecule has 5 nitrogen and oxygen atoms in total. The van der Waals surface area contributed by atoms with Crippen LogP contribution in [0.5, 0.6) is 0 Å². The maximum Gasteiger partial charge on any atom is 0.176 e. The van der Waals surface area contributed by atoms with Crippen LogP contribution in [0.15, 0.2) is 48.7 Å². The largest absolute Gasteiger partial charge is 0.399 e. The topological polar surface area (TPSA) is 62.5 Å². The number of nitrogens with zero attached hydrogens (tertiary/aromatic N) is 3. The number of ketones is 1. The molecule has 0 bridgehead atoms. The summed E-state index contributed by atoms with van der Waals surface area (Å²) in [6.45, 7) is 3.99. The number of nitrogen functional groups attached to an aromatic ring is 1. The van der Waals surface area contributed by atoms with E-state index in [2.05, 4.69) is 14.8 Å². The van der Waals surface area contributed by atoms with Crippen molar-refractivity contribution in [2.45, 2.75) is 0 Å². The Labute approximate surface area is 130 Å². The molecule has 114 valence electrons. The molecule has 1 aliphatic rings. The normalized spacial score (nSPS) is 15.7. The van der Waals surface area contributed by atoms with Gasteiger partial charge in [-0.2, -0.15) is 0 Å². The van der Waals surface area contributed by atoms with E-state index in [1.807, 2.05) is 24.4 Å². The van der Waals surface area contributed by atoms with Crippen LogP contribution >= 0.6 is 0 Å². The zero-order chi connectivity index (χ0) is 15.4. The maximum atomic E-state index is 12.3. The summed E-state index contributed by atoms with van der Waals surface area (Å²) < 4.78 is 0. The predicted octanol–water partition coefficient (Wildman–Crippen LogP) is 1.67. The predicted molar refractivity (Wildman–Crippen MR) is 88.1 cm³/mol. The molecule has 22 heavy (non-hydrogen) atoms. The van der Waals surface area contributed by atoms with Gasteiger partial charge in [-0.3, -0.25) is 9.69 Å². The van der Waals surface area contributed by atoms with E-state index < -0.39 is 0 Å². The molecule has 3 rings (SSSR count). The minimum Gasteiger partial charge on any atom is -0.399 e. The number of anilines is 2. The van der Waals surface area contributed by atoms with Gasteiger partial charge in [0.25, 0.3) is 0 Å². The number of rotatable bonds is 4. The van der Waals surface area contributed by atoms with E-state index in [9.17, 15) is 4.79 Å². The Morgan fingerprint density at radius 1 is 1.05 bits per heavy atom. The molecule has 1 aliphatic heterocycles. The molecule has 2 N–H and O–H groups in total. The molecule has 1 saturated heterocycles. The lowest BCUT2D eigenvalue weighted by Crippen LogP contribution is -2.48. The molecule has 0 aliphatic carbocycles. The quantitative estimate of drug-likeness (QED) is 0.687. The van der Waals surface area contributed by atoms with Crippen molar-refractivity contribution in [2.24, 2.45) is 0 Å². The van der Waals surface area contributed by atoms with Gasteiger partial charge >= 0.3 is 0 Å². The van der Waals surface area contributed by atoms with Gasteiger partial charge in [0.05, 0.1) is 6.54 Å². The maximum absolute atomic E-state index is 12.3. The average Bonchev–Trinajstić information content (AvgIpc) is 2.57. The van der Waals surface area contributed by atoms with Crippen molar-refractivity contribution in [2.75, 3.05) is 43.4 Å². The second kappa shape index (κ2) is 6.58. The smallest absolute Gasteiger partial charge is 0.176 e. The van der Waals surface area contributed by atoms with E-state index in [1.54, 1.807) is 24.3 Å². The number of hydrogen-bond donors (Lipinski definition) is 1. The highest BCUT2D eigenvalue weighted by Crippen LogP contribution is 2.13. The number of Topliss-reactive ketones (excluding diaryl/α,β-unsaturated/α-hetero) is 1. The van der Waals surface area contributed by atoms with E-state index in [4.69, 9.17) is 5.73 Å². The molecule has 1 aromatic heterocycles. The summed E-state index contributed by atoms with van der Waals surface area (Å²) in [6.07, 6.45) is 1.81. The molecule has 2 heterocycles. The lowest BCUT2D eigenvalue weighted by molar-refractivity contribution is 0.0926. The standard InChI is InChI=1S/C17H20N4O/c18-15-6-4-14(5-7-15)16(22)13-20-9-11-21(12-10-20)17-3-1-2-8-19-17/h1-8H,9-13,18H2. The van der Waals surface area contributed by atoms with Crippen LogP contribution in [-0.2, 0) is 0 Å². The van der Waals surface area contributed by atoms with Crippen LogP contribution in [0.4, 0.5) is 11.5 Å². The van der Waals surface area contributed by atoms with Crippen molar-refractivity contribution in [3.63, 3.8) is 0 Å². The van der Waals surface area contributed by atoms with Gasteiger partial charge in [0.2, 0.25) is 0 Å². The molecule has 1 aromatic carbocycles. The number of benzene rings is 1. The van der Waals surface area contributed by atoms with Gasteiger partial charge in [-0.1, -0.05) is 6.07 Å². The van der Waals surface area contributed by atoms with E-state index in [1.165, 1.54) is 0 Å². The molecule has 0 saturated carbocycles. The SMILES string of the molecule is Nc1ccc(C(=O)CN2CCN(c3ccccn3)CC2)cc1. The van der Waals surface area contributed by atoms with E-state index in [0.717, 1.165) is 37.6 Å². The Balaban J connectivity index is 1.53. The van der Waals surface area contributed by atoms with Crippen LogP contribution in [0, 0.1) is 0 Å². The van der Waals surface area contributed by atoms with E-state index in [-0.39, 0.29) is 5.78 Å². The van der Waals surface area contributed by atoms with E-state index in [0.29, 0.717) is 12.2 Å². The first kappa shape index (κ1) is 14.5. The Hall–Kier alpha value is -2.40. The first-order valence-electron chi connectivity index (χ1n) is 7.49. The van der Waals surface area contributed by atoms with Crippen molar-refractivity contribution < 1.29 is 4.79 Å². The zero-order valence-corrected chi connectivity index (χ0v) is 12.5. The number of nitrogens with two attached hydrogens (primary N) is 1. The summed E-state index contributed by atoms with van der Waals surface area (Å²) in [6, 6.07) is 13.1. The third-order valence-electron chi connectivity index (χ3n) is 3.95. The Kier molecular flexibility index (Phi) is 4.34. The monoisotopic (exact) mass is 296 g/mol. The third kappa shape index (κ3) is 3.43. The molecular weight excluding hydrogens is 276 g/mol. The number of piperazine rings is 1. The average molecular weight is 296 g/mol. The summed E-state index contributed by atoms with van der Waals surface area (Å²) in [5.41, 5.74) is 7.05. The van der Waals surface area contributed by atoms with Crippen molar-refractivity contribution in [1.29, 1.82) is 0 Å². The minimum absolute atomic E-state index is 0.145. The second-order valence-electron chi connectivity index (χ2n) is 5.50. The second-order valence-corrected chi connectivity index (χ2v) is 5.50. The molecular formula is C17H20N4O. The van der Waals surface area contributed by atoms with Crippen LogP contribution in [0.25, 0.3) is 0 Å². The van der Waals surface area contributed by atoms with E-state index >= 15 is 0 Å². The highest BCUT2D eigenvalue weighted by molar-refractivity contribution is 5.97. The zero-order valence-electron chi connectivity index (χ0n) is 12.5. The van der Waals surface area contributed by atoms with Crippen molar-refractivity contribution in [3.05, 3.63) is 54.2 Å². The van der Waals surface area contributed by atoms with Crippen molar-refractivity contribution in [1.82, 2.24) is 9.88 Å². The van der Waals surface area contributed by atoms with Gasteiger partial charge in [-0.15, -0.1) is 0 Å². The molecule has 0 spiro atoms. The summed E-state index contributed by atoms with van der Waals surface area (Å²) in [5, 5.41) is 0. The highest BCUT2D eigenvalue weighted by Gasteiger charge is 2.20. The van der Waals surface area contributed by atoms with Gasteiger partial charge in [0, 0.05) is 43.6 Å². The summed E-state index contributed by atoms with van der Waals surface area (Å²) >= 11 is 0. The highest BCUT2D eigenvalue weighted by atomic mass is 16.1. The molecule has 5 heteroatoms. The third-order valence-corrected chi connectivity index (χ3v) is 3.95. The molecule has 1 fully saturated rings. The lowest BCUT2D eigenvalue weighted by atomic mass is 10.1. The number of hydrogen-bond acceptors (Lipinski definition) is 5. The number of carbonyl (C=O) groups is 1. The molecule has 2 aromatic rings. The van der Waals surface area contributed by atoms with Gasteiger partial charge in [-0.25, -0.2) is 4.98 Å². The molecule has 0 radical (unpaired) electrons. The van der Waals surface area contributed by atoms with Crippen LogP contribution in [0.2, 0.25) is 0 Å². The van der Waals surface area contributed by atoms with Crippen molar-refractivity contribution >= 4 is 17.3 Å². The van der Waals surface area contributed by atoms with Crippen LogP contribution in [0.3, 0.4) is 0 Å². The first-order chi connectivity index (χ1) is 10.7. The molecule has 0 unspecified atom stereocenters. The van der Waals surface area contributed by atoms with Crippen LogP contribution in [0.1, 0.15) is 10.4 Å². The molecule has 0 amide bonds. The fourth-order valence-corrected chi connectivity index (χ4v) is 2.64. The minimum atomic E-state index is 0.145. The fraction of sp³-hybridized carbons (Fsp3) is 0.294. The van der Waals surface area contributed by atoms with Crippen LogP contribution < -0.4 is 10.6 Å². The molecule has 0 atom stereocenters. The number of aromatic nitrogens is 1. The Morgan fingerprint density at radius 3 is 2.41 bits per heavy atom. The number of carbonyl (C=O) groups excluding carboxylic acids is 1. The Morgan fingerprint density at radius 2 is 1.77 bits per heavy atom. The van der Waals surface area contributed by atoms with Crippen molar-refractivity contribution in [3.8, 4) is 0 Å². The van der Waals surface area contributed by atoms with Crippen LogP contribution in [-0.4, -0.2) is 48.4 Å². The van der Waals surface area contributed by atoms with Gasteiger partial charge in [0.15, 0.2) is 5.78 Å². The summed E-state index contributed by atoms with van der Waals surface area (Å²) in [4.78, 5) is 21.1. The summed E-state index contributed by atoms with van der Waals surface area (Å²) in [7, 11) is 0. The van der Waals surface area contributed by atoms with Gasteiger partial charge in [-0.05, 0) is 36.4 Å². The fourth-order valence-electron chi connectivity index (χ4n) is 2.64. The lowest BCUT2D eigenvalue weighted by Gasteiger charge is -2.35. The van der Waals surface area contributed by atoms with Gasteiger partial charge < -0.3 is 10.6 Å². The number of pyridine rings is 1. The first-order valence-corrected chi connectivity index (χ1v) is 7.49.